The van der Waals surface area contributed by atoms with Gasteiger partial charge in [0.05, 0.1) is 58.6 Å². The summed E-state index contributed by atoms with van der Waals surface area (Å²) < 4.78 is 16.5. The van der Waals surface area contributed by atoms with Gasteiger partial charge in [-0.1, -0.05) is 12.1 Å². The molecule has 4 rings (SSSR count). The van der Waals surface area contributed by atoms with Gasteiger partial charge in [0.25, 0.3) is 0 Å². The molecule has 6 nitrogen and oxygen atoms in total. The Hall–Kier alpha value is -2.99. The maximum absolute atomic E-state index is 12.9. The van der Waals surface area contributed by atoms with E-state index < -0.39 is 0 Å². The third-order valence-corrected chi connectivity index (χ3v) is 5.90. The first kappa shape index (κ1) is 20.3. The fourth-order valence-corrected chi connectivity index (χ4v) is 4.14. The first-order valence-corrected chi connectivity index (χ1v) is 10.4. The Morgan fingerprint density at radius 3 is 2.60 bits per heavy atom. The SMILES string of the molecule is COc1ccc(OC)c(C[NH+]2CCN(C(=O)Cc3coc4cc(C)ccc34)CC2)c1. The van der Waals surface area contributed by atoms with Gasteiger partial charge in [-0.15, -0.1) is 0 Å². The van der Waals surface area contributed by atoms with E-state index in [4.69, 9.17) is 13.9 Å². The van der Waals surface area contributed by atoms with Crippen molar-refractivity contribution in [3.8, 4) is 11.5 Å². The summed E-state index contributed by atoms with van der Waals surface area (Å²) in [5, 5.41) is 1.03. The van der Waals surface area contributed by atoms with Crippen LogP contribution in [-0.2, 0) is 17.8 Å². The molecule has 6 heteroatoms. The number of carbonyl (C=O) groups excluding carboxylic acids is 1. The van der Waals surface area contributed by atoms with Gasteiger partial charge < -0.3 is 23.7 Å². The van der Waals surface area contributed by atoms with Gasteiger partial charge in [0, 0.05) is 10.9 Å². The first-order valence-electron chi connectivity index (χ1n) is 10.4. The van der Waals surface area contributed by atoms with Crippen molar-refractivity contribution in [2.75, 3.05) is 40.4 Å². The molecule has 0 aliphatic carbocycles. The second kappa shape index (κ2) is 8.79. The molecule has 1 amide bonds. The number of methoxy groups -OCH3 is 2. The van der Waals surface area contributed by atoms with E-state index >= 15 is 0 Å². The van der Waals surface area contributed by atoms with E-state index in [-0.39, 0.29) is 5.91 Å². The summed E-state index contributed by atoms with van der Waals surface area (Å²) in [5.41, 5.74) is 4.10. The van der Waals surface area contributed by atoms with Gasteiger partial charge in [-0.05, 0) is 36.8 Å². The number of ether oxygens (including phenoxy) is 2. The summed E-state index contributed by atoms with van der Waals surface area (Å²) >= 11 is 0. The fourth-order valence-electron chi connectivity index (χ4n) is 4.14. The standard InChI is InChI=1S/C24H28N2O4/c1-17-4-6-21-19(16-30-23(21)12-17)14-24(27)26-10-8-25(9-11-26)15-18-13-20(28-2)5-7-22(18)29-3/h4-7,12-13,16H,8-11,14-15H2,1-3H3/p+1. The quantitative estimate of drug-likeness (QED) is 0.678. The molecule has 0 unspecified atom stereocenters. The minimum absolute atomic E-state index is 0.163. The fraction of sp³-hybridized carbons (Fsp3) is 0.375. The van der Waals surface area contributed by atoms with Gasteiger partial charge in [-0.3, -0.25) is 4.79 Å². The lowest BCUT2D eigenvalue weighted by Crippen LogP contribution is -3.13. The van der Waals surface area contributed by atoms with E-state index in [0.717, 1.165) is 71.9 Å². The molecule has 1 aromatic heterocycles. The molecule has 2 heterocycles. The second-order valence-electron chi connectivity index (χ2n) is 7.92. The molecule has 0 atom stereocenters. The highest BCUT2D eigenvalue weighted by atomic mass is 16.5. The lowest BCUT2D eigenvalue weighted by molar-refractivity contribution is -0.917. The number of hydrogen-bond acceptors (Lipinski definition) is 4. The number of piperazine rings is 1. The zero-order chi connectivity index (χ0) is 21.1. The van der Waals surface area contributed by atoms with Crippen LogP contribution in [0.4, 0.5) is 0 Å². The molecule has 0 spiro atoms. The third kappa shape index (κ3) is 4.28. The number of furan rings is 1. The van der Waals surface area contributed by atoms with E-state index in [1.807, 2.05) is 42.2 Å². The zero-order valence-electron chi connectivity index (χ0n) is 17.9. The molecule has 1 fully saturated rings. The molecule has 0 radical (unpaired) electrons. The highest BCUT2D eigenvalue weighted by Crippen LogP contribution is 2.24. The smallest absolute Gasteiger partial charge is 0.227 e. The number of rotatable bonds is 6. The molecule has 30 heavy (non-hydrogen) atoms. The molecule has 0 bridgehead atoms. The zero-order valence-corrected chi connectivity index (χ0v) is 17.9. The Labute approximate surface area is 177 Å². The molecule has 158 valence electrons. The minimum atomic E-state index is 0.163. The maximum atomic E-state index is 12.9. The molecule has 1 aliphatic rings. The Morgan fingerprint density at radius 1 is 1.07 bits per heavy atom. The molecule has 0 saturated carbocycles. The lowest BCUT2D eigenvalue weighted by Gasteiger charge is -2.32. The summed E-state index contributed by atoms with van der Waals surface area (Å²) in [7, 11) is 3.37. The Bertz CT molecular complexity index is 1030. The minimum Gasteiger partial charge on any atom is -0.497 e. The van der Waals surface area contributed by atoms with Crippen molar-refractivity contribution in [1.29, 1.82) is 0 Å². The van der Waals surface area contributed by atoms with E-state index in [0.29, 0.717) is 6.42 Å². The van der Waals surface area contributed by atoms with Crippen molar-refractivity contribution in [3.63, 3.8) is 0 Å². The summed E-state index contributed by atoms with van der Waals surface area (Å²) in [6.07, 6.45) is 2.10. The van der Waals surface area contributed by atoms with E-state index in [9.17, 15) is 4.79 Å². The van der Waals surface area contributed by atoms with Crippen LogP contribution in [0.2, 0.25) is 0 Å². The van der Waals surface area contributed by atoms with Crippen molar-refractivity contribution < 1.29 is 23.6 Å². The number of nitrogens with zero attached hydrogens (tertiary/aromatic N) is 1. The Balaban J connectivity index is 1.35. The van der Waals surface area contributed by atoms with Gasteiger partial charge in [-0.2, -0.15) is 0 Å². The molecule has 1 N–H and O–H groups in total. The van der Waals surface area contributed by atoms with E-state index in [1.165, 1.54) is 4.90 Å². The van der Waals surface area contributed by atoms with Crippen molar-refractivity contribution in [2.24, 2.45) is 0 Å². The van der Waals surface area contributed by atoms with Crippen LogP contribution >= 0.6 is 0 Å². The van der Waals surface area contributed by atoms with Gasteiger partial charge in [0.2, 0.25) is 5.91 Å². The van der Waals surface area contributed by atoms with Gasteiger partial charge >= 0.3 is 0 Å². The average Bonchev–Trinajstić information content (AvgIpc) is 3.15. The lowest BCUT2D eigenvalue weighted by atomic mass is 10.1. The van der Waals surface area contributed by atoms with E-state index in [2.05, 4.69) is 6.07 Å². The highest BCUT2D eigenvalue weighted by Gasteiger charge is 2.25. The van der Waals surface area contributed by atoms with Crippen LogP contribution in [0.5, 0.6) is 11.5 Å². The van der Waals surface area contributed by atoms with Gasteiger partial charge in [0.1, 0.15) is 23.6 Å². The van der Waals surface area contributed by atoms with Crippen LogP contribution in [0.25, 0.3) is 11.0 Å². The highest BCUT2D eigenvalue weighted by molar-refractivity contribution is 5.88. The third-order valence-electron chi connectivity index (χ3n) is 5.90. The predicted molar refractivity (Wildman–Crippen MR) is 115 cm³/mol. The summed E-state index contributed by atoms with van der Waals surface area (Å²) in [5.74, 6) is 1.88. The summed E-state index contributed by atoms with van der Waals surface area (Å²) in [6, 6.07) is 12.0. The Kier molecular flexibility index (Phi) is 5.95. The number of aryl methyl sites for hydroxylation is 1. The van der Waals surface area contributed by atoms with Crippen LogP contribution < -0.4 is 14.4 Å². The molecule has 3 aromatic rings. The number of hydrogen-bond donors (Lipinski definition) is 1. The summed E-state index contributed by atoms with van der Waals surface area (Å²) in [6.45, 7) is 6.24. The van der Waals surface area contributed by atoms with Crippen LogP contribution in [0.1, 0.15) is 16.7 Å². The number of quaternary nitrogens is 1. The number of carbonyl (C=O) groups is 1. The molecule has 1 aliphatic heterocycles. The second-order valence-corrected chi connectivity index (χ2v) is 7.92. The predicted octanol–water partition coefficient (Wildman–Crippen LogP) is 2.23. The summed E-state index contributed by atoms with van der Waals surface area (Å²) in [4.78, 5) is 16.3. The van der Waals surface area contributed by atoms with Crippen molar-refractivity contribution in [1.82, 2.24) is 4.90 Å². The van der Waals surface area contributed by atoms with Gasteiger partial charge in [-0.25, -0.2) is 0 Å². The van der Waals surface area contributed by atoms with Crippen molar-refractivity contribution in [3.05, 3.63) is 59.4 Å². The van der Waals surface area contributed by atoms with Crippen LogP contribution in [0.3, 0.4) is 0 Å². The number of benzene rings is 2. The van der Waals surface area contributed by atoms with Gasteiger partial charge in [0.15, 0.2) is 0 Å². The van der Waals surface area contributed by atoms with E-state index in [1.54, 1.807) is 20.5 Å². The normalized spacial score (nSPS) is 14.8. The number of amides is 1. The average molecular weight is 410 g/mol. The topological polar surface area (TPSA) is 56.4 Å². The maximum Gasteiger partial charge on any atom is 0.227 e. The molecule has 2 aromatic carbocycles. The first-order chi connectivity index (χ1) is 14.6. The largest absolute Gasteiger partial charge is 0.497 e. The van der Waals surface area contributed by atoms with Crippen molar-refractivity contribution >= 4 is 16.9 Å². The molecular formula is C24H29N2O4+. The van der Waals surface area contributed by atoms with Crippen molar-refractivity contribution in [2.45, 2.75) is 19.9 Å². The molecule has 1 saturated heterocycles. The number of fused-ring (bicyclic) bond motifs is 1. The number of nitrogens with one attached hydrogen (secondary N) is 1. The van der Waals surface area contributed by atoms with Crippen LogP contribution in [-0.4, -0.2) is 51.2 Å². The van der Waals surface area contributed by atoms with Crippen LogP contribution in [0.15, 0.2) is 47.1 Å². The molecular weight excluding hydrogens is 380 g/mol. The monoisotopic (exact) mass is 409 g/mol. The van der Waals surface area contributed by atoms with Crippen LogP contribution in [0, 0.1) is 6.92 Å². The Morgan fingerprint density at radius 2 is 1.87 bits per heavy atom.